The molecule has 0 amide bonds. The number of aliphatic hydroxyl groups is 4. The van der Waals surface area contributed by atoms with E-state index in [-0.39, 0.29) is 19.3 Å². The van der Waals surface area contributed by atoms with Gasteiger partial charge in [0.2, 0.25) is 31.4 Å². The first-order valence-electron chi connectivity index (χ1n) is 10.8. The zero-order valence-electron chi connectivity index (χ0n) is 18.4. The summed E-state index contributed by atoms with van der Waals surface area (Å²) in [5.41, 5.74) is 1.84. The highest BCUT2D eigenvalue weighted by Crippen LogP contribution is 2.44. The lowest BCUT2D eigenvalue weighted by Crippen LogP contribution is -2.60. The third-order valence-electron chi connectivity index (χ3n) is 6.01. The van der Waals surface area contributed by atoms with Gasteiger partial charge in [-0.2, -0.15) is 0 Å². The first-order valence-corrected chi connectivity index (χ1v) is 10.8. The van der Waals surface area contributed by atoms with Crippen LogP contribution >= 0.6 is 0 Å². The summed E-state index contributed by atoms with van der Waals surface area (Å²) < 4.78 is 38.7. The molecule has 1 saturated heterocycles. The van der Waals surface area contributed by atoms with Gasteiger partial charge in [0.05, 0.1) is 13.7 Å². The summed E-state index contributed by atoms with van der Waals surface area (Å²) in [5.74, 6) is 2.88. The second kappa shape index (κ2) is 9.35. The second-order valence-electron chi connectivity index (χ2n) is 8.17. The molecule has 3 aliphatic rings. The minimum atomic E-state index is -1.55. The van der Waals surface area contributed by atoms with Gasteiger partial charge in [-0.25, -0.2) is 0 Å². The van der Waals surface area contributed by atoms with Crippen molar-refractivity contribution in [2.75, 3.05) is 27.3 Å². The number of hydrogen-bond acceptors (Lipinski definition) is 11. The van der Waals surface area contributed by atoms with Crippen LogP contribution in [0.15, 0.2) is 24.3 Å². The van der Waals surface area contributed by atoms with Crippen LogP contribution in [-0.2, 0) is 17.6 Å². The maximum atomic E-state index is 10.3. The number of benzene rings is 2. The number of ether oxygens (including phenoxy) is 7. The SMILES string of the molecule is COc1cc(CCc2cc3c(c(O[C@@H]4O[C@H](CO)[C@@H](O)[C@H](O)[C@H]4O)c2)OCO3)cc2c1OCO2. The number of methoxy groups -OCH3 is 1. The van der Waals surface area contributed by atoms with Gasteiger partial charge in [0.1, 0.15) is 24.4 Å². The van der Waals surface area contributed by atoms with E-state index in [9.17, 15) is 20.4 Å². The molecular weight excluding hydrogens is 452 g/mol. The van der Waals surface area contributed by atoms with Crippen LogP contribution in [0.2, 0.25) is 0 Å². The van der Waals surface area contributed by atoms with Crippen molar-refractivity contribution in [3.8, 4) is 34.5 Å². The maximum Gasteiger partial charge on any atom is 0.231 e. The van der Waals surface area contributed by atoms with E-state index >= 15 is 0 Å². The quantitative estimate of drug-likeness (QED) is 0.430. The van der Waals surface area contributed by atoms with Crippen molar-refractivity contribution in [3.63, 3.8) is 0 Å². The van der Waals surface area contributed by atoms with E-state index in [1.54, 1.807) is 13.2 Å². The lowest BCUT2D eigenvalue weighted by Gasteiger charge is -2.39. The van der Waals surface area contributed by atoms with Gasteiger partial charge in [-0.1, -0.05) is 0 Å². The van der Waals surface area contributed by atoms with Crippen LogP contribution in [0, 0.1) is 0 Å². The van der Waals surface area contributed by atoms with E-state index in [1.807, 2.05) is 18.2 Å². The maximum absolute atomic E-state index is 10.3. The Hall–Kier alpha value is -2.96. The second-order valence-corrected chi connectivity index (χ2v) is 8.17. The lowest BCUT2D eigenvalue weighted by atomic mass is 9.99. The zero-order valence-corrected chi connectivity index (χ0v) is 18.4. The first-order chi connectivity index (χ1) is 16.5. The molecule has 11 heteroatoms. The van der Waals surface area contributed by atoms with Gasteiger partial charge in [0, 0.05) is 0 Å². The Morgan fingerprint density at radius 2 is 1.38 bits per heavy atom. The smallest absolute Gasteiger partial charge is 0.231 e. The Bertz CT molecular complexity index is 1040. The molecule has 0 radical (unpaired) electrons. The molecule has 0 aromatic heterocycles. The fourth-order valence-electron chi connectivity index (χ4n) is 4.17. The Morgan fingerprint density at radius 3 is 1.97 bits per heavy atom. The molecule has 34 heavy (non-hydrogen) atoms. The average molecular weight is 478 g/mol. The molecule has 0 bridgehead atoms. The molecule has 1 fully saturated rings. The van der Waals surface area contributed by atoms with Crippen LogP contribution in [-0.4, -0.2) is 78.4 Å². The van der Waals surface area contributed by atoms with Crippen molar-refractivity contribution >= 4 is 0 Å². The minimum absolute atomic E-state index is 0.00316. The van der Waals surface area contributed by atoms with Crippen molar-refractivity contribution in [2.45, 2.75) is 43.5 Å². The average Bonchev–Trinajstić information content (AvgIpc) is 3.52. The molecule has 184 valence electrons. The van der Waals surface area contributed by atoms with Crippen molar-refractivity contribution in [1.29, 1.82) is 0 Å². The molecular formula is C23H26O11. The van der Waals surface area contributed by atoms with Gasteiger partial charge in [-0.3, -0.25) is 0 Å². The molecule has 3 aliphatic heterocycles. The normalized spacial score (nSPS) is 27.0. The van der Waals surface area contributed by atoms with Crippen LogP contribution in [0.4, 0.5) is 0 Å². The standard InChI is InChI=1S/C23H26O11/c1-28-13-4-11(5-14-21(13)31-9-29-14)2-3-12-6-15-22(32-10-30-15)16(7-12)33-23-20(27)19(26)18(25)17(8-24)34-23/h4-7,17-20,23-27H,2-3,8-10H2,1H3/t17-,18-,19+,20-,23-/m1/s1. The van der Waals surface area contributed by atoms with E-state index in [0.29, 0.717) is 41.6 Å². The summed E-state index contributed by atoms with van der Waals surface area (Å²) in [5, 5.41) is 39.8. The molecule has 0 saturated carbocycles. The number of aliphatic hydroxyl groups excluding tert-OH is 4. The minimum Gasteiger partial charge on any atom is -0.493 e. The van der Waals surface area contributed by atoms with E-state index in [0.717, 1.165) is 11.1 Å². The van der Waals surface area contributed by atoms with Gasteiger partial charge in [0.15, 0.2) is 23.0 Å². The van der Waals surface area contributed by atoms with E-state index < -0.39 is 37.3 Å². The summed E-state index contributed by atoms with van der Waals surface area (Å²) in [6.07, 6.45) is -5.74. The topological polar surface area (TPSA) is 146 Å². The number of fused-ring (bicyclic) bond motifs is 2. The van der Waals surface area contributed by atoms with Crippen LogP contribution in [0.3, 0.4) is 0 Å². The predicted molar refractivity (Wildman–Crippen MR) is 113 cm³/mol. The fourth-order valence-corrected chi connectivity index (χ4v) is 4.17. The lowest BCUT2D eigenvalue weighted by molar-refractivity contribution is -0.277. The molecule has 4 N–H and O–H groups in total. The molecule has 0 aliphatic carbocycles. The number of hydrogen-bond donors (Lipinski definition) is 4. The predicted octanol–water partition coefficient (Wildman–Crippen LogP) is 0.116. The van der Waals surface area contributed by atoms with Crippen LogP contribution in [0.1, 0.15) is 11.1 Å². The molecule has 2 aromatic carbocycles. The molecule has 0 spiro atoms. The third-order valence-corrected chi connectivity index (χ3v) is 6.01. The van der Waals surface area contributed by atoms with Crippen LogP contribution < -0.4 is 28.4 Å². The summed E-state index contributed by atoms with van der Waals surface area (Å²) in [4.78, 5) is 0. The third kappa shape index (κ3) is 4.17. The monoisotopic (exact) mass is 478 g/mol. The largest absolute Gasteiger partial charge is 0.493 e. The van der Waals surface area contributed by atoms with E-state index in [2.05, 4.69) is 0 Å². The molecule has 3 heterocycles. The summed E-state index contributed by atoms with van der Waals surface area (Å²) in [6.45, 7) is -0.402. The van der Waals surface area contributed by atoms with Crippen LogP contribution in [0.5, 0.6) is 34.5 Å². The zero-order chi connectivity index (χ0) is 23.8. The number of aryl methyl sites for hydroxylation is 2. The van der Waals surface area contributed by atoms with Crippen molar-refractivity contribution in [1.82, 2.24) is 0 Å². The van der Waals surface area contributed by atoms with Crippen molar-refractivity contribution in [3.05, 3.63) is 35.4 Å². The highest BCUT2D eigenvalue weighted by molar-refractivity contribution is 5.56. The van der Waals surface area contributed by atoms with Gasteiger partial charge >= 0.3 is 0 Å². The molecule has 5 rings (SSSR count). The van der Waals surface area contributed by atoms with Gasteiger partial charge < -0.3 is 53.6 Å². The Labute approximate surface area is 194 Å². The Kier molecular flexibility index (Phi) is 6.28. The van der Waals surface area contributed by atoms with E-state index in [4.69, 9.17) is 33.2 Å². The Morgan fingerprint density at radius 1 is 0.794 bits per heavy atom. The van der Waals surface area contributed by atoms with Crippen molar-refractivity contribution in [2.24, 2.45) is 0 Å². The fraction of sp³-hybridized carbons (Fsp3) is 0.478. The Balaban J connectivity index is 1.35. The molecule has 2 aromatic rings. The van der Waals surface area contributed by atoms with Gasteiger partial charge in [-0.05, 0) is 48.2 Å². The van der Waals surface area contributed by atoms with Crippen LogP contribution in [0.25, 0.3) is 0 Å². The van der Waals surface area contributed by atoms with Gasteiger partial charge in [0.25, 0.3) is 0 Å². The highest BCUT2D eigenvalue weighted by Gasteiger charge is 2.45. The number of rotatable bonds is 7. The highest BCUT2D eigenvalue weighted by atomic mass is 16.7. The molecule has 11 nitrogen and oxygen atoms in total. The van der Waals surface area contributed by atoms with Gasteiger partial charge in [-0.15, -0.1) is 0 Å². The summed E-state index contributed by atoms with van der Waals surface area (Å²) in [7, 11) is 1.57. The first kappa shape index (κ1) is 22.8. The molecule has 5 atom stereocenters. The van der Waals surface area contributed by atoms with Crippen molar-refractivity contribution < 1.29 is 53.6 Å². The molecule has 0 unspecified atom stereocenters. The van der Waals surface area contributed by atoms with E-state index in [1.165, 1.54) is 0 Å². The summed E-state index contributed by atoms with van der Waals surface area (Å²) >= 11 is 0. The summed E-state index contributed by atoms with van der Waals surface area (Å²) in [6, 6.07) is 7.38.